The van der Waals surface area contributed by atoms with E-state index in [9.17, 15) is 24.3 Å². The number of carbonyl (C=O) groups is 4. The molecular formula is C32H40ClN3O7. The van der Waals surface area contributed by atoms with Crippen LogP contribution in [-0.2, 0) is 32.3 Å². The Hall–Kier alpha value is -3.79. The highest BCUT2D eigenvalue weighted by atomic mass is 35.5. The van der Waals surface area contributed by atoms with E-state index in [1.807, 2.05) is 24.3 Å². The number of amides is 3. The number of hydrogen-bond donors (Lipinski definition) is 3. The summed E-state index contributed by atoms with van der Waals surface area (Å²) in [7, 11) is 0. The van der Waals surface area contributed by atoms with E-state index in [0.29, 0.717) is 36.7 Å². The lowest BCUT2D eigenvalue weighted by molar-refractivity contribution is -0.144. The first-order valence-corrected chi connectivity index (χ1v) is 15.3. The molecule has 1 aliphatic heterocycles. The topological polar surface area (TPSA) is 134 Å². The molecule has 2 aliphatic rings. The van der Waals surface area contributed by atoms with Crippen LogP contribution in [0.2, 0.25) is 5.02 Å². The number of nitrogens with zero attached hydrogens (tertiary/aromatic N) is 1. The van der Waals surface area contributed by atoms with Crippen molar-refractivity contribution in [2.24, 2.45) is 11.8 Å². The number of para-hydroxylation sites is 1. The van der Waals surface area contributed by atoms with Gasteiger partial charge in [-0.05, 0) is 42.5 Å². The van der Waals surface area contributed by atoms with Crippen LogP contribution in [0.25, 0.3) is 0 Å². The van der Waals surface area contributed by atoms with Gasteiger partial charge in [0.25, 0.3) is 0 Å². The van der Waals surface area contributed by atoms with Gasteiger partial charge in [-0.2, -0.15) is 0 Å². The molecule has 2 unspecified atom stereocenters. The van der Waals surface area contributed by atoms with Crippen molar-refractivity contribution in [3.63, 3.8) is 0 Å². The first-order valence-electron chi connectivity index (χ1n) is 14.9. The van der Waals surface area contributed by atoms with Gasteiger partial charge < -0.3 is 30.1 Å². The number of halogens is 1. The number of rotatable bonds is 11. The Morgan fingerprint density at radius 1 is 1.05 bits per heavy atom. The fourth-order valence-electron chi connectivity index (χ4n) is 5.72. The molecule has 0 saturated heterocycles. The van der Waals surface area contributed by atoms with Gasteiger partial charge in [0.2, 0.25) is 11.8 Å². The molecule has 4 rings (SSSR count). The average Bonchev–Trinajstić information content (AvgIpc) is 3.22. The summed E-state index contributed by atoms with van der Waals surface area (Å²) in [5.74, 6) is -1.83. The summed E-state index contributed by atoms with van der Waals surface area (Å²) in [4.78, 5) is 53.4. The molecule has 1 saturated carbocycles. The van der Waals surface area contributed by atoms with Gasteiger partial charge in [-0.15, -0.1) is 0 Å². The lowest BCUT2D eigenvalue weighted by Crippen LogP contribution is -2.53. The number of carbonyl (C=O) groups excluding carboxylic acids is 3. The largest absolute Gasteiger partial charge is 0.491 e. The van der Waals surface area contributed by atoms with Crippen molar-refractivity contribution in [1.82, 2.24) is 15.5 Å². The smallest absolute Gasteiger partial charge is 0.408 e. The first kappa shape index (κ1) is 32.1. The Kier molecular flexibility index (Phi) is 11.7. The van der Waals surface area contributed by atoms with Gasteiger partial charge in [-0.3, -0.25) is 9.59 Å². The van der Waals surface area contributed by atoms with Crippen molar-refractivity contribution in [3.8, 4) is 5.75 Å². The van der Waals surface area contributed by atoms with E-state index in [2.05, 4.69) is 10.6 Å². The van der Waals surface area contributed by atoms with Crippen molar-refractivity contribution >= 4 is 35.5 Å². The van der Waals surface area contributed by atoms with Gasteiger partial charge in [-0.25, -0.2) is 9.59 Å². The summed E-state index contributed by atoms with van der Waals surface area (Å²) in [5, 5.41) is 15.7. The van der Waals surface area contributed by atoms with Crippen LogP contribution in [0.5, 0.6) is 5.75 Å². The zero-order valence-corrected chi connectivity index (χ0v) is 25.2. The summed E-state index contributed by atoms with van der Waals surface area (Å²) in [6.45, 7) is 2.68. The number of fused-ring (bicyclic) bond motifs is 1. The minimum absolute atomic E-state index is 0.0342. The first-order chi connectivity index (χ1) is 20.7. The lowest BCUT2D eigenvalue weighted by Gasteiger charge is -2.28. The number of carboxylic acids is 1. The molecule has 1 aliphatic carbocycles. The fourth-order valence-corrected chi connectivity index (χ4v) is 5.93. The van der Waals surface area contributed by atoms with Gasteiger partial charge in [0.15, 0.2) is 0 Å². The fraction of sp³-hybridized carbons (Fsp3) is 0.500. The third kappa shape index (κ3) is 9.61. The maximum absolute atomic E-state index is 13.4. The molecule has 1 fully saturated rings. The summed E-state index contributed by atoms with van der Waals surface area (Å²) >= 11 is 6.01. The molecular weight excluding hydrogens is 574 g/mol. The van der Waals surface area contributed by atoms with Crippen LogP contribution in [0.15, 0.2) is 48.5 Å². The average molecular weight is 614 g/mol. The molecule has 10 nitrogen and oxygen atoms in total. The second-order valence-electron chi connectivity index (χ2n) is 11.4. The number of nitrogens with one attached hydrogen (secondary N) is 2. The summed E-state index contributed by atoms with van der Waals surface area (Å²) < 4.78 is 11.1. The zero-order chi connectivity index (χ0) is 30.8. The molecule has 11 heteroatoms. The third-order valence-electron chi connectivity index (χ3n) is 8.05. The predicted octanol–water partition coefficient (Wildman–Crippen LogP) is 4.92. The van der Waals surface area contributed by atoms with Gasteiger partial charge in [0, 0.05) is 23.0 Å². The van der Waals surface area contributed by atoms with Crippen LogP contribution < -0.4 is 15.4 Å². The van der Waals surface area contributed by atoms with E-state index in [1.54, 1.807) is 36.1 Å². The Balaban J connectivity index is 1.38. The maximum Gasteiger partial charge on any atom is 0.408 e. The molecule has 232 valence electrons. The number of hydrogen-bond acceptors (Lipinski definition) is 6. The second kappa shape index (κ2) is 15.6. The summed E-state index contributed by atoms with van der Waals surface area (Å²) in [6.07, 6.45) is 4.56. The SMILES string of the molecule is CC(C[C@H](NC(=O)C(CC1CCCCC1)NC(=O)OCc1cccc(Cl)c1)C(=O)O)C(=O)N1CCOc2ccccc2C1. The van der Waals surface area contributed by atoms with Crippen molar-refractivity contribution in [2.75, 3.05) is 13.2 Å². The Morgan fingerprint density at radius 3 is 2.56 bits per heavy atom. The van der Waals surface area contributed by atoms with Crippen LogP contribution >= 0.6 is 11.6 Å². The molecule has 3 atom stereocenters. The van der Waals surface area contributed by atoms with E-state index >= 15 is 0 Å². The number of carboxylic acid groups (broad SMARTS) is 1. The molecule has 2 aromatic rings. The third-order valence-corrected chi connectivity index (χ3v) is 8.29. The van der Waals surface area contributed by atoms with Gasteiger partial charge in [-0.1, -0.05) is 81.0 Å². The molecule has 43 heavy (non-hydrogen) atoms. The molecule has 3 amide bonds. The van der Waals surface area contributed by atoms with Crippen molar-refractivity contribution < 1.29 is 33.8 Å². The summed E-state index contributed by atoms with van der Waals surface area (Å²) in [6, 6.07) is 12.1. The van der Waals surface area contributed by atoms with Crippen LogP contribution in [0.4, 0.5) is 4.79 Å². The van der Waals surface area contributed by atoms with Crippen molar-refractivity contribution in [1.29, 1.82) is 0 Å². The maximum atomic E-state index is 13.4. The summed E-state index contributed by atoms with van der Waals surface area (Å²) in [5.41, 5.74) is 1.57. The minimum atomic E-state index is -1.32. The van der Waals surface area contributed by atoms with Gasteiger partial charge >= 0.3 is 12.1 Å². The molecule has 1 heterocycles. The van der Waals surface area contributed by atoms with Crippen molar-refractivity contribution in [2.45, 2.75) is 77.1 Å². The van der Waals surface area contributed by atoms with Crippen LogP contribution in [0.3, 0.4) is 0 Å². The predicted molar refractivity (Wildman–Crippen MR) is 160 cm³/mol. The zero-order valence-electron chi connectivity index (χ0n) is 24.4. The molecule has 0 bridgehead atoms. The van der Waals surface area contributed by atoms with Crippen LogP contribution in [0.1, 0.15) is 63.0 Å². The molecule has 3 N–H and O–H groups in total. The normalized spacial score (nSPS) is 17.3. The molecule has 2 aromatic carbocycles. The Bertz CT molecular complexity index is 1280. The quantitative estimate of drug-likeness (QED) is 0.327. The van der Waals surface area contributed by atoms with E-state index < -0.39 is 36.0 Å². The molecule has 0 radical (unpaired) electrons. The number of alkyl carbamates (subject to hydrolysis) is 1. The second-order valence-corrected chi connectivity index (χ2v) is 11.8. The van der Waals surface area contributed by atoms with E-state index in [1.165, 1.54) is 0 Å². The Labute approximate surface area is 257 Å². The van der Waals surface area contributed by atoms with E-state index in [0.717, 1.165) is 43.4 Å². The molecule has 0 spiro atoms. The van der Waals surface area contributed by atoms with E-state index in [-0.39, 0.29) is 24.9 Å². The number of aliphatic carboxylic acids is 1. The van der Waals surface area contributed by atoms with Crippen molar-refractivity contribution in [3.05, 3.63) is 64.7 Å². The highest BCUT2D eigenvalue weighted by Gasteiger charge is 2.33. The number of ether oxygens (including phenoxy) is 2. The van der Waals surface area contributed by atoms with E-state index in [4.69, 9.17) is 21.1 Å². The standard InChI is InChI=1S/C32H40ClN3O7/c1-21(30(38)36-14-15-42-28-13-6-5-11-24(28)19-36)16-27(31(39)40)34-29(37)26(18-22-8-3-2-4-9-22)35-32(41)43-20-23-10-7-12-25(33)17-23/h5-7,10-13,17,21-22,26-27H,2-4,8-9,14-16,18-20H2,1H3,(H,34,37)(H,35,41)(H,39,40)/t21?,26?,27-/m0/s1. The minimum Gasteiger partial charge on any atom is -0.491 e. The van der Waals surface area contributed by atoms with Crippen LogP contribution in [0, 0.1) is 11.8 Å². The lowest BCUT2D eigenvalue weighted by atomic mass is 9.84. The number of benzene rings is 2. The highest BCUT2D eigenvalue weighted by molar-refractivity contribution is 6.30. The van der Waals surface area contributed by atoms with Gasteiger partial charge in [0.05, 0.1) is 6.54 Å². The van der Waals surface area contributed by atoms with Crippen LogP contribution in [-0.4, -0.2) is 59.1 Å². The monoisotopic (exact) mass is 613 g/mol. The molecule has 0 aromatic heterocycles. The Morgan fingerprint density at radius 2 is 1.81 bits per heavy atom. The van der Waals surface area contributed by atoms with Gasteiger partial charge in [0.1, 0.15) is 31.0 Å². The highest BCUT2D eigenvalue weighted by Crippen LogP contribution is 2.28.